The van der Waals surface area contributed by atoms with Crippen LogP contribution in [0.1, 0.15) is 17.7 Å². The van der Waals surface area contributed by atoms with Crippen molar-refractivity contribution in [2.24, 2.45) is 0 Å². The van der Waals surface area contributed by atoms with Gasteiger partial charge < -0.3 is 0 Å². The van der Waals surface area contributed by atoms with E-state index in [4.69, 9.17) is 0 Å². The van der Waals surface area contributed by atoms with Gasteiger partial charge in [-0.05, 0) is 19.5 Å². The predicted octanol–water partition coefficient (Wildman–Crippen LogP) is 2.75. The molecule has 70 valence electrons. The first-order valence-corrected chi connectivity index (χ1v) is 5.70. The van der Waals surface area contributed by atoms with Crippen LogP contribution in [0.15, 0.2) is 30.3 Å². The number of thioether (sulfide) groups is 1. The fourth-order valence-corrected chi connectivity index (χ4v) is 3.17. The SMILES string of the molecule is C[C@@H]1[C@H](c2ccccc2)SCN1C. The molecule has 0 amide bonds. The summed E-state index contributed by atoms with van der Waals surface area (Å²) in [5.74, 6) is 1.15. The summed E-state index contributed by atoms with van der Waals surface area (Å²) < 4.78 is 0. The molecule has 0 aromatic heterocycles. The average Bonchev–Trinajstić information content (AvgIpc) is 2.49. The topological polar surface area (TPSA) is 3.24 Å². The van der Waals surface area contributed by atoms with Gasteiger partial charge in [-0.25, -0.2) is 0 Å². The second-order valence-electron chi connectivity index (χ2n) is 3.62. The summed E-state index contributed by atoms with van der Waals surface area (Å²) in [6.45, 7) is 2.30. The van der Waals surface area contributed by atoms with Crippen molar-refractivity contribution in [3.8, 4) is 0 Å². The maximum absolute atomic E-state index is 2.41. The van der Waals surface area contributed by atoms with Gasteiger partial charge in [-0.1, -0.05) is 30.3 Å². The first kappa shape index (κ1) is 9.10. The molecule has 1 nitrogen and oxygen atoms in total. The van der Waals surface area contributed by atoms with Crippen molar-refractivity contribution in [1.29, 1.82) is 0 Å². The van der Waals surface area contributed by atoms with Crippen LogP contribution in [0.4, 0.5) is 0 Å². The fraction of sp³-hybridized carbons (Fsp3) is 0.455. The lowest BCUT2D eigenvalue weighted by atomic mass is 10.1. The van der Waals surface area contributed by atoms with Crippen LogP contribution >= 0.6 is 11.8 Å². The minimum absolute atomic E-state index is 0.659. The van der Waals surface area contributed by atoms with E-state index < -0.39 is 0 Å². The van der Waals surface area contributed by atoms with Gasteiger partial charge in [0.25, 0.3) is 0 Å². The zero-order valence-corrected chi connectivity index (χ0v) is 8.92. The minimum Gasteiger partial charge on any atom is -0.293 e. The van der Waals surface area contributed by atoms with Crippen LogP contribution in [-0.2, 0) is 0 Å². The Morgan fingerprint density at radius 3 is 2.54 bits per heavy atom. The highest BCUT2D eigenvalue weighted by Gasteiger charge is 2.29. The molecule has 1 aromatic carbocycles. The summed E-state index contributed by atoms with van der Waals surface area (Å²) in [7, 11) is 2.20. The Morgan fingerprint density at radius 2 is 2.00 bits per heavy atom. The standard InChI is InChI=1S/C11H15NS/c1-9-11(13-8-12(9)2)10-6-4-3-5-7-10/h3-7,9,11H,8H2,1-2H3/t9-,11-/m1/s1. The molecule has 0 saturated carbocycles. The van der Waals surface area contributed by atoms with Crippen molar-refractivity contribution >= 4 is 11.8 Å². The zero-order valence-electron chi connectivity index (χ0n) is 8.10. The number of rotatable bonds is 1. The molecule has 2 atom stereocenters. The maximum Gasteiger partial charge on any atom is 0.0463 e. The van der Waals surface area contributed by atoms with E-state index >= 15 is 0 Å². The van der Waals surface area contributed by atoms with E-state index in [2.05, 4.69) is 49.2 Å². The molecule has 1 aliphatic rings. The number of hydrogen-bond donors (Lipinski definition) is 0. The lowest BCUT2D eigenvalue weighted by molar-refractivity contribution is 0.318. The van der Waals surface area contributed by atoms with Crippen LogP contribution in [0, 0.1) is 0 Å². The molecular weight excluding hydrogens is 178 g/mol. The highest BCUT2D eigenvalue weighted by atomic mass is 32.2. The summed E-state index contributed by atoms with van der Waals surface area (Å²) in [6, 6.07) is 11.5. The molecule has 0 spiro atoms. The third-order valence-corrected chi connectivity index (χ3v) is 4.30. The van der Waals surface area contributed by atoms with E-state index in [1.54, 1.807) is 0 Å². The molecule has 1 aliphatic heterocycles. The van der Waals surface area contributed by atoms with Gasteiger partial charge in [-0.15, -0.1) is 11.8 Å². The number of benzene rings is 1. The van der Waals surface area contributed by atoms with E-state index in [1.807, 2.05) is 11.8 Å². The van der Waals surface area contributed by atoms with Crippen LogP contribution in [0.5, 0.6) is 0 Å². The highest BCUT2D eigenvalue weighted by Crippen LogP contribution is 2.40. The van der Waals surface area contributed by atoms with Gasteiger partial charge >= 0.3 is 0 Å². The Labute approximate surface area is 84.1 Å². The molecule has 13 heavy (non-hydrogen) atoms. The molecule has 2 rings (SSSR count). The first-order valence-electron chi connectivity index (χ1n) is 4.66. The van der Waals surface area contributed by atoms with Crippen LogP contribution < -0.4 is 0 Å². The van der Waals surface area contributed by atoms with Gasteiger partial charge in [0.2, 0.25) is 0 Å². The van der Waals surface area contributed by atoms with Crippen molar-refractivity contribution in [2.45, 2.75) is 18.2 Å². The third kappa shape index (κ3) is 1.74. The van der Waals surface area contributed by atoms with Crippen LogP contribution in [0.2, 0.25) is 0 Å². The second kappa shape index (κ2) is 3.72. The van der Waals surface area contributed by atoms with Crippen molar-refractivity contribution in [3.05, 3.63) is 35.9 Å². The zero-order chi connectivity index (χ0) is 9.26. The summed E-state index contributed by atoms with van der Waals surface area (Å²) >= 11 is 2.04. The van der Waals surface area contributed by atoms with E-state index in [0.717, 1.165) is 5.88 Å². The predicted molar refractivity (Wildman–Crippen MR) is 58.9 cm³/mol. The quantitative estimate of drug-likeness (QED) is 0.674. The van der Waals surface area contributed by atoms with Gasteiger partial charge in [0.15, 0.2) is 0 Å². The molecule has 1 fully saturated rings. The molecule has 0 bridgehead atoms. The van der Waals surface area contributed by atoms with Crippen LogP contribution in [0.25, 0.3) is 0 Å². The van der Waals surface area contributed by atoms with Crippen LogP contribution in [-0.4, -0.2) is 23.9 Å². The Morgan fingerprint density at radius 1 is 1.31 bits per heavy atom. The maximum atomic E-state index is 2.41. The number of likely N-dealkylation sites (N-methyl/N-ethyl adjacent to an activating group) is 1. The van der Waals surface area contributed by atoms with Gasteiger partial charge in [0, 0.05) is 17.2 Å². The fourth-order valence-electron chi connectivity index (χ4n) is 1.70. The summed E-state index contributed by atoms with van der Waals surface area (Å²) in [4.78, 5) is 2.41. The lowest BCUT2D eigenvalue weighted by Crippen LogP contribution is -2.24. The smallest absolute Gasteiger partial charge is 0.0463 e. The largest absolute Gasteiger partial charge is 0.293 e. The molecule has 1 saturated heterocycles. The molecule has 0 aliphatic carbocycles. The molecule has 0 unspecified atom stereocenters. The molecule has 0 N–H and O–H groups in total. The summed E-state index contributed by atoms with van der Waals surface area (Å²) in [6.07, 6.45) is 0. The van der Waals surface area contributed by atoms with Gasteiger partial charge in [-0.3, -0.25) is 4.90 Å². The van der Waals surface area contributed by atoms with Crippen LogP contribution in [0.3, 0.4) is 0 Å². The molecule has 1 aromatic rings. The second-order valence-corrected chi connectivity index (χ2v) is 4.72. The van der Waals surface area contributed by atoms with E-state index in [0.29, 0.717) is 11.3 Å². The molecule has 2 heteroatoms. The van der Waals surface area contributed by atoms with Crippen molar-refractivity contribution in [1.82, 2.24) is 4.90 Å². The number of hydrogen-bond acceptors (Lipinski definition) is 2. The molecular formula is C11H15NS. The Bertz CT molecular complexity index is 273. The van der Waals surface area contributed by atoms with E-state index in [9.17, 15) is 0 Å². The Kier molecular flexibility index (Phi) is 2.61. The van der Waals surface area contributed by atoms with Gasteiger partial charge in [0.1, 0.15) is 0 Å². The summed E-state index contributed by atoms with van der Waals surface area (Å²) in [5, 5.41) is 0.659. The van der Waals surface area contributed by atoms with Gasteiger partial charge in [0.05, 0.1) is 0 Å². The first-order chi connectivity index (χ1) is 6.29. The van der Waals surface area contributed by atoms with Crippen molar-refractivity contribution < 1.29 is 0 Å². The Hall–Kier alpha value is -0.470. The third-order valence-electron chi connectivity index (χ3n) is 2.72. The average molecular weight is 193 g/mol. The monoisotopic (exact) mass is 193 g/mol. The van der Waals surface area contributed by atoms with Crippen molar-refractivity contribution in [2.75, 3.05) is 12.9 Å². The lowest BCUT2D eigenvalue weighted by Gasteiger charge is -2.19. The van der Waals surface area contributed by atoms with E-state index in [1.165, 1.54) is 5.56 Å². The van der Waals surface area contributed by atoms with Crippen molar-refractivity contribution in [3.63, 3.8) is 0 Å². The van der Waals surface area contributed by atoms with Gasteiger partial charge in [-0.2, -0.15) is 0 Å². The molecule has 1 heterocycles. The molecule has 0 radical (unpaired) electrons. The Balaban J connectivity index is 2.19. The normalized spacial score (nSPS) is 29.4. The summed E-state index contributed by atoms with van der Waals surface area (Å²) in [5.41, 5.74) is 1.46. The van der Waals surface area contributed by atoms with E-state index in [-0.39, 0.29) is 0 Å². The number of nitrogens with zero attached hydrogens (tertiary/aromatic N) is 1. The highest BCUT2D eigenvalue weighted by molar-refractivity contribution is 7.99. The minimum atomic E-state index is 0.659.